The van der Waals surface area contributed by atoms with Gasteiger partial charge in [0.1, 0.15) is 0 Å². The molecule has 0 unspecified atom stereocenters. The van der Waals surface area contributed by atoms with Gasteiger partial charge in [-0.15, -0.1) is 0 Å². The summed E-state index contributed by atoms with van der Waals surface area (Å²) in [6, 6.07) is 12.4. The van der Waals surface area contributed by atoms with Crippen LogP contribution >= 0.6 is 0 Å². The van der Waals surface area contributed by atoms with Gasteiger partial charge in [-0.1, -0.05) is 29.8 Å². The van der Waals surface area contributed by atoms with Crippen molar-refractivity contribution >= 4 is 11.8 Å². The zero-order chi connectivity index (χ0) is 17.5. The maximum absolute atomic E-state index is 12.1. The number of ether oxygens (including phenoxy) is 2. The van der Waals surface area contributed by atoms with Crippen molar-refractivity contribution in [1.29, 1.82) is 0 Å². The first-order chi connectivity index (χ1) is 11.5. The third-order valence-electron chi connectivity index (χ3n) is 3.45. The largest absolute Gasteiger partial charge is 0.493 e. The molecule has 2 aromatic rings. The molecule has 0 fully saturated rings. The van der Waals surface area contributed by atoms with Crippen molar-refractivity contribution in [1.82, 2.24) is 10.9 Å². The average Bonchev–Trinajstić information content (AvgIpc) is 2.61. The second-order valence-electron chi connectivity index (χ2n) is 5.23. The SMILES string of the molecule is COc1ccc(C(=O)NNC(=O)Cc2ccc(C)cc2)cc1OC. The summed E-state index contributed by atoms with van der Waals surface area (Å²) in [5.41, 5.74) is 7.13. The van der Waals surface area contributed by atoms with Crippen molar-refractivity contribution in [2.75, 3.05) is 14.2 Å². The fourth-order valence-electron chi connectivity index (χ4n) is 2.11. The first kappa shape index (κ1) is 17.3. The Hall–Kier alpha value is -3.02. The van der Waals surface area contributed by atoms with Gasteiger partial charge < -0.3 is 9.47 Å². The summed E-state index contributed by atoms with van der Waals surface area (Å²) in [4.78, 5) is 24.0. The molecule has 2 N–H and O–H groups in total. The van der Waals surface area contributed by atoms with E-state index in [-0.39, 0.29) is 12.3 Å². The van der Waals surface area contributed by atoms with Crippen molar-refractivity contribution in [3.63, 3.8) is 0 Å². The maximum Gasteiger partial charge on any atom is 0.269 e. The minimum atomic E-state index is -0.437. The highest BCUT2D eigenvalue weighted by Crippen LogP contribution is 2.27. The molecule has 6 heteroatoms. The van der Waals surface area contributed by atoms with E-state index in [9.17, 15) is 9.59 Å². The van der Waals surface area contributed by atoms with E-state index in [4.69, 9.17) is 9.47 Å². The third-order valence-corrected chi connectivity index (χ3v) is 3.45. The Bertz CT molecular complexity index is 726. The second-order valence-corrected chi connectivity index (χ2v) is 5.23. The summed E-state index contributed by atoms with van der Waals surface area (Å²) >= 11 is 0. The lowest BCUT2D eigenvalue weighted by Crippen LogP contribution is -2.42. The van der Waals surface area contributed by atoms with Gasteiger partial charge in [0.05, 0.1) is 20.6 Å². The molecular weight excluding hydrogens is 308 g/mol. The fraction of sp³-hybridized carbons (Fsp3) is 0.222. The zero-order valence-electron chi connectivity index (χ0n) is 13.9. The van der Waals surface area contributed by atoms with Crippen molar-refractivity contribution in [2.24, 2.45) is 0 Å². The van der Waals surface area contributed by atoms with Crippen LogP contribution in [0, 0.1) is 6.92 Å². The van der Waals surface area contributed by atoms with Crippen molar-refractivity contribution in [3.8, 4) is 11.5 Å². The van der Waals surface area contributed by atoms with E-state index < -0.39 is 5.91 Å². The minimum absolute atomic E-state index is 0.187. The van der Waals surface area contributed by atoms with E-state index in [1.54, 1.807) is 18.2 Å². The molecule has 2 amide bonds. The summed E-state index contributed by atoms with van der Waals surface area (Å²) < 4.78 is 10.3. The summed E-state index contributed by atoms with van der Waals surface area (Å²) in [7, 11) is 3.01. The molecule has 24 heavy (non-hydrogen) atoms. The number of hydrogen-bond donors (Lipinski definition) is 2. The highest BCUT2D eigenvalue weighted by atomic mass is 16.5. The van der Waals surface area contributed by atoms with Crippen LogP contribution in [-0.2, 0) is 11.2 Å². The average molecular weight is 328 g/mol. The first-order valence-electron chi connectivity index (χ1n) is 7.40. The van der Waals surface area contributed by atoms with Gasteiger partial charge in [0.25, 0.3) is 5.91 Å². The number of hydrogen-bond acceptors (Lipinski definition) is 4. The van der Waals surface area contributed by atoms with E-state index in [1.165, 1.54) is 14.2 Å². The third kappa shape index (κ3) is 4.49. The van der Waals surface area contributed by atoms with Gasteiger partial charge in [-0.3, -0.25) is 20.4 Å². The van der Waals surface area contributed by atoms with Crippen LogP contribution in [0.3, 0.4) is 0 Å². The van der Waals surface area contributed by atoms with Gasteiger partial charge in [0, 0.05) is 5.56 Å². The van der Waals surface area contributed by atoms with E-state index in [2.05, 4.69) is 10.9 Å². The number of carbonyl (C=O) groups excluding carboxylic acids is 2. The van der Waals surface area contributed by atoms with Gasteiger partial charge in [0.2, 0.25) is 5.91 Å². The molecular formula is C18H20N2O4. The lowest BCUT2D eigenvalue weighted by atomic mass is 10.1. The molecule has 0 heterocycles. The molecule has 126 valence electrons. The van der Waals surface area contributed by atoms with Crippen LogP contribution in [0.15, 0.2) is 42.5 Å². The Morgan fingerprint density at radius 2 is 1.58 bits per heavy atom. The predicted octanol–water partition coefficient (Wildman–Crippen LogP) is 2.02. The molecule has 0 aliphatic heterocycles. The lowest BCUT2D eigenvalue weighted by molar-refractivity contribution is -0.121. The Labute approximate surface area is 140 Å². The van der Waals surface area contributed by atoms with Crippen LogP contribution in [0.4, 0.5) is 0 Å². The highest BCUT2D eigenvalue weighted by Gasteiger charge is 2.11. The second kappa shape index (κ2) is 8.01. The molecule has 0 aliphatic rings. The Morgan fingerprint density at radius 1 is 0.917 bits per heavy atom. The molecule has 0 bridgehead atoms. The molecule has 6 nitrogen and oxygen atoms in total. The standard InChI is InChI=1S/C18H20N2O4/c1-12-4-6-13(7-5-12)10-17(21)19-20-18(22)14-8-9-15(23-2)16(11-14)24-3/h4-9,11H,10H2,1-3H3,(H,19,21)(H,20,22). The Morgan fingerprint density at radius 3 is 2.21 bits per heavy atom. The summed E-state index contributed by atoms with van der Waals surface area (Å²) in [5, 5.41) is 0. The van der Waals surface area contributed by atoms with Crippen LogP contribution in [0.1, 0.15) is 21.5 Å². The maximum atomic E-state index is 12.1. The Kier molecular flexibility index (Phi) is 5.78. The summed E-state index contributed by atoms with van der Waals surface area (Å²) in [6.07, 6.45) is 0.187. The molecule has 0 spiro atoms. The van der Waals surface area contributed by atoms with Gasteiger partial charge in [0.15, 0.2) is 11.5 Å². The van der Waals surface area contributed by atoms with Crippen LogP contribution < -0.4 is 20.3 Å². The van der Waals surface area contributed by atoms with Gasteiger partial charge >= 0.3 is 0 Å². The number of nitrogens with one attached hydrogen (secondary N) is 2. The smallest absolute Gasteiger partial charge is 0.269 e. The summed E-state index contributed by atoms with van der Waals surface area (Å²) in [6.45, 7) is 1.98. The van der Waals surface area contributed by atoms with E-state index >= 15 is 0 Å². The van der Waals surface area contributed by atoms with Crippen LogP contribution in [0.25, 0.3) is 0 Å². The number of benzene rings is 2. The summed E-state index contributed by atoms with van der Waals surface area (Å²) in [5.74, 6) is 0.231. The number of methoxy groups -OCH3 is 2. The number of hydrazine groups is 1. The van der Waals surface area contributed by atoms with Gasteiger partial charge in [-0.25, -0.2) is 0 Å². The van der Waals surface area contributed by atoms with E-state index in [1.807, 2.05) is 31.2 Å². The predicted molar refractivity (Wildman–Crippen MR) is 90.0 cm³/mol. The van der Waals surface area contributed by atoms with E-state index in [0.29, 0.717) is 17.1 Å². The Balaban J connectivity index is 1.92. The van der Waals surface area contributed by atoms with Crippen LogP contribution in [0.5, 0.6) is 11.5 Å². The highest BCUT2D eigenvalue weighted by molar-refractivity contribution is 5.96. The molecule has 0 aromatic heterocycles. The molecule has 2 rings (SSSR count). The molecule has 0 atom stereocenters. The normalized spacial score (nSPS) is 9.96. The first-order valence-corrected chi connectivity index (χ1v) is 7.40. The topological polar surface area (TPSA) is 76.7 Å². The van der Waals surface area contributed by atoms with E-state index in [0.717, 1.165) is 11.1 Å². The molecule has 0 radical (unpaired) electrons. The zero-order valence-corrected chi connectivity index (χ0v) is 13.9. The lowest BCUT2D eigenvalue weighted by Gasteiger charge is -2.10. The van der Waals surface area contributed by atoms with Crippen molar-refractivity contribution in [2.45, 2.75) is 13.3 Å². The van der Waals surface area contributed by atoms with Crippen molar-refractivity contribution < 1.29 is 19.1 Å². The van der Waals surface area contributed by atoms with Gasteiger partial charge in [-0.2, -0.15) is 0 Å². The monoisotopic (exact) mass is 328 g/mol. The van der Waals surface area contributed by atoms with Crippen LogP contribution in [-0.4, -0.2) is 26.0 Å². The van der Waals surface area contributed by atoms with Crippen molar-refractivity contribution in [3.05, 3.63) is 59.2 Å². The number of amides is 2. The number of rotatable bonds is 5. The quantitative estimate of drug-likeness (QED) is 0.823. The van der Waals surface area contributed by atoms with Crippen LogP contribution in [0.2, 0.25) is 0 Å². The number of carbonyl (C=O) groups is 2. The fourth-order valence-corrected chi connectivity index (χ4v) is 2.11. The minimum Gasteiger partial charge on any atom is -0.493 e. The molecule has 0 saturated carbocycles. The number of aryl methyl sites for hydroxylation is 1. The molecule has 0 aliphatic carbocycles. The molecule has 0 saturated heterocycles. The molecule has 2 aromatic carbocycles. The van der Waals surface area contributed by atoms with Gasteiger partial charge in [-0.05, 0) is 30.7 Å².